The molecule has 0 aliphatic rings. The third-order valence-electron chi connectivity index (χ3n) is 2.80. The number of alkyl halides is 3. The predicted octanol–water partition coefficient (Wildman–Crippen LogP) is 3.51. The van der Waals surface area contributed by atoms with Gasteiger partial charge in [0.25, 0.3) is 5.91 Å². The molecule has 2 aromatic carbocycles. The molecule has 108 valence electrons. The van der Waals surface area contributed by atoms with E-state index in [0.717, 1.165) is 18.2 Å². The zero-order chi connectivity index (χ0) is 15.5. The van der Waals surface area contributed by atoms with Crippen LogP contribution in [0.5, 0.6) is 0 Å². The summed E-state index contributed by atoms with van der Waals surface area (Å²) in [5.74, 6) is -0.924. The van der Waals surface area contributed by atoms with Crippen LogP contribution in [0, 0.1) is 0 Å². The van der Waals surface area contributed by atoms with Gasteiger partial charge in [0.15, 0.2) is 0 Å². The van der Waals surface area contributed by atoms with Crippen molar-refractivity contribution in [2.75, 3.05) is 5.32 Å². The van der Waals surface area contributed by atoms with E-state index < -0.39 is 17.6 Å². The molecule has 6 heteroatoms. The Morgan fingerprint density at radius 2 is 1.71 bits per heavy atom. The zero-order valence-electron chi connectivity index (χ0n) is 10.6. The van der Waals surface area contributed by atoms with Crippen molar-refractivity contribution in [2.45, 2.75) is 6.18 Å². The lowest BCUT2D eigenvalue weighted by molar-refractivity contribution is -0.137. The van der Waals surface area contributed by atoms with E-state index >= 15 is 0 Å². The molecule has 0 saturated heterocycles. The van der Waals surface area contributed by atoms with E-state index in [1.807, 2.05) is 0 Å². The first-order chi connectivity index (χ1) is 9.91. The Morgan fingerprint density at radius 3 is 2.29 bits per heavy atom. The number of aldehydes is 1. The largest absolute Gasteiger partial charge is 0.416 e. The van der Waals surface area contributed by atoms with Crippen molar-refractivity contribution in [1.82, 2.24) is 0 Å². The van der Waals surface area contributed by atoms with Gasteiger partial charge in [0.05, 0.1) is 5.56 Å². The molecule has 0 atom stereocenters. The molecule has 3 nitrogen and oxygen atoms in total. The second kappa shape index (κ2) is 5.78. The molecule has 0 heterocycles. The van der Waals surface area contributed by atoms with Crippen molar-refractivity contribution in [2.24, 2.45) is 0 Å². The van der Waals surface area contributed by atoms with Gasteiger partial charge in [0.2, 0.25) is 6.29 Å². The van der Waals surface area contributed by atoms with Crippen LogP contribution in [0.25, 0.3) is 11.1 Å². The maximum Gasteiger partial charge on any atom is 0.416 e. The van der Waals surface area contributed by atoms with Gasteiger partial charge in [-0.1, -0.05) is 30.3 Å². The van der Waals surface area contributed by atoms with Crippen LogP contribution >= 0.6 is 0 Å². The van der Waals surface area contributed by atoms with Gasteiger partial charge in [0.1, 0.15) is 0 Å². The lowest BCUT2D eigenvalue weighted by Crippen LogP contribution is -2.14. The van der Waals surface area contributed by atoms with Gasteiger partial charge in [-0.3, -0.25) is 9.59 Å². The van der Waals surface area contributed by atoms with Gasteiger partial charge in [-0.25, -0.2) is 0 Å². The number of benzene rings is 2. The molecule has 0 fully saturated rings. The Morgan fingerprint density at radius 1 is 1.05 bits per heavy atom. The quantitative estimate of drug-likeness (QED) is 0.695. The summed E-state index contributed by atoms with van der Waals surface area (Å²) in [6.45, 7) is 0. The number of anilines is 1. The lowest BCUT2D eigenvalue weighted by atomic mass is 10.0. The summed E-state index contributed by atoms with van der Waals surface area (Å²) in [6.07, 6.45) is -4.43. The standard InChI is InChI=1S/C15H10F3NO2/c16-15(17,18)11-6-7-13(19-14(21)9-20)12(8-11)10-4-2-1-3-5-10/h1-9H,(H,19,21). The Bertz CT molecular complexity index is 666. The molecule has 0 spiro atoms. The number of nitrogens with one attached hydrogen (secondary N) is 1. The van der Waals surface area contributed by atoms with Crippen LogP contribution in [0.1, 0.15) is 5.56 Å². The third-order valence-corrected chi connectivity index (χ3v) is 2.80. The summed E-state index contributed by atoms with van der Waals surface area (Å²) < 4.78 is 38.4. The third kappa shape index (κ3) is 3.47. The first-order valence-electron chi connectivity index (χ1n) is 5.94. The summed E-state index contributed by atoms with van der Waals surface area (Å²) in [5, 5.41) is 2.26. The first kappa shape index (κ1) is 14.8. The van der Waals surface area contributed by atoms with Gasteiger partial charge in [0, 0.05) is 11.3 Å². The molecular formula is C15H10F3NO2. The average Bonchev–Trinajstić information content (AvgIpc) is 2.47. The summed E-state index contributed by atoms with van der Waals surface area (Å²) in [5.41, 5.74) is 0.0159. The second-order valence-corrected chi connectivity index (χ2v) is 4.23. The van der Waals surface area contributed by atoms with Gasteiger partial charge < -0.3 is 5.32 Å². The molecule has 21 heavy (non-hydrogen) atoms. The van der Waals surface area contributed by atoms with Crippen LogP contribution in [0.4, 0.5) is 18.9 Å². The second-order valence-electron chi connectivity index (χ2n) is 4.23. The molecule has 0 saturated carbocycles. The lowest BCUT2D eigenvalue weighted by Gasteiger charge is -2.14. The number of carbonyl (C=O) groups excluding carboxylic acids is 2. The van der Waals surface area contributed by atoms with Crippen molar-refractivity contribution in [3.8, 4) is 11.1 Å². The minimum absolute atomic E-state index is 0.0619. The molecule has 0 bridgehead atoms. The van der Waals surface area contributed by atoms with Crippen molar-refractivity contribution in [1.29, 1.82) is 0 Å². The SMILES string of the molecule is O=CC(=O)Nc1ccc(C(F)(F)F)cc1-c1ccccc1. The Hall–Kier alpha value is -2.63. The molecule has 0 aliphatic carbocycles. The minimum Gasteiger partial charge on any atom is -0.319 e. The topological polar surface area (TPSA) is 46.2 Å². The normalized spacial score (nSPS) is 11.0. The molecule has 2 rings (SSSR count). The fourth-order valence-electron chi connectivity index (χ4n) is 1.85. The van der Waals surface area contributed by atoms with E-state index in [0.29, 0.717) is 5.56 Å². The van der Waals surface area contributed by atoms with E-state index in [1.54, 1.807) is 30.3 Å². The van der Waals surface area contributed by atoms with Gasteiger partial charge >= 0.3 is 6.18 Å². The van der Waals surface area contributed by atoms with Gasteiger partial charge in [-0.05, 0) is 23.8 Å². The van der Waals surface area contributed by atoms with Crippen molar-refractivity contribution in [3.63, 3.8) is 0 Å². The van der Waals surface area contributed by atoms with Gasteiger partial charge in [-0.2, -0.15) is 13.2 Å². The predicted molar refractivity (Wildman–Crippen MR) is 71.6 cm³/mol. The number of rotatable bonds is 3. The van der Waals surface area contributed by atoms with Crippen molar-refractivity contribution < 1.29 is 22.8 Å². The monoisotopic (exact) mass is 293 g/mol. The maximum absolute atomic E-state index is 12.8. The molecule has 2 aromatic rings. The zero-order valence-corrected chi connectivity index (χ0v) is 10.6. The number of hydrogen-bond acceptors (Lipinski definition) is 2. The first-order valence-corrected chi connectivity index (χ1v) is 5.94. The van der Waals surface area contributed by atoms with Crippen LogP contribution in [-0.4, -0.2) is 12.2 Å². The molecule has 1 amide bonds. The fourth-order valence-corrected chi connectivity index (χ4v) is 1.85. The molecule has 0 unspecified atom stereocenters. The summed E-state index contributed by atoms with van der Waals surface area (Å²) in [7, 11) is 0. The highest BCUT2D eigenvalue weighted by atomic mass is 19.4. The van der Waals surface area contributed by atoms with E-state index in [4.69, 9.17) is 0 Å². The Kier molecular flexibility index (Phi) is 4.07. The Labute approximate surface area is 118 Å². The number of hydrogen-bond donors (Lipinski definition) is 1. The number of amides is 1. The minimum atomic E-state index is -4.49. The van der Waals surface area contributed by atoms with Crippen LogP contribution in [0.2, 0.25) is 0 Å². The summed E-state index contributed by atoms with van der Waals surface area (Å²) in [6, 6.07) is 11.2. The van der Waals surface area contributed by atoms with E-state index in [1.165, 1.54) is 0 Å². The highest BCUT2D eigenvalue weighted by Gasteiger charge is 2.31. The molecule has 0 aliphatic heterocycles. The van der Waals surface area contributed by atoms with Gasteiger partial charge in [-0.15, -0.1) is 0 Å². The summed E-state index contributed by atoms with van der Waals surface area (Å²) >= 11 is 0. The highest BCUT2D eigenvalue weighted by Crippen LogP contribution is 2.36. The van der Waals surface area contributed by atoms with E-state index in [-0.39, 0.29) is 17.5 Å². The smallest absolute Gasteiger partial charge is 0.319 e. The van der Waals surface area contributed by atoms with Crippen LogP contribution in [-0.2, 0) is 15.8 Å². The fraction of sp³-hybridized carbons (Fsp3) is 0.0667. The highest BCUT2D eigenvalue weighted by molar-refractivity contribution is 6.30. The molecule has 1 N–H and O–H groups in total. The van der Waals surface area contributed by atoms with Crippen molar-refractivity contribution >= 4 is 17.9 Å². The van der Waals surface area contributed by atoms with Crippen LogP contribution in [0.3, 0.4) is 0 Å². The van der Waals surface area contributed by atoms with Crippen LogP contribution < -0.4 is 5.32 Å². The number of carbonyl (C=O) groups is 2. The molecule has 0 radical (unpaired) electrons. The molecule has 0 aromatic heterocycles. The van der Waals surface area contributed by atoms with E-state index in [9.17, 15) is 22.8 Å². The van der Waals surface area contributed by atoms with Crippen molar-refractivity contribution in [3.05, 3.63) is 54.1 Å². The summed E-state index contributed by atoms with van der Waals surface area (Å²) in [4.78, 5) is 21.5. The van der Waals surface area contributed by atoms with Crippen LogP contribution in [0.15, 0.2) is 48.5 Å². The number of halogens is 3. The van der Waals surface area contributed by atoms with E-state index in [2.05, 4.69) is 5.32 Å². The maximum atomic E-state index is 12.8. The average molecular weight is 293 g/mol. The molecular weight excluding hydrogens is 283 g/mol. The Balaban J connectivity index is 2.55.